The fourth-order valence-corrected chi connectivity index (χ4v) is 9.24. The maximum absolute atomic E-state index is 5.65. The van der Waals surface area contributed by atoms with Crippen LogP contribution in [-0.4, -0.2) is 4.57 Å². The van der Waals surface area contributed by atoms with Gasteiger partial charge in [-0.05, 0) is 80.3 Å². The molecule has 0 saturated heterocycles. The lowest BCUT2D eigenvalue weighted by Gasteiger charge is -2.20. The van der Waals surface area contributed by atoms with Crippen LogP contribution < -0.4 is 0 Å². The second-order valence-corrected chi connectivity index (χ2v) is 27.2. The fraction of sp³-hybridized carbons (Fsp3) is 0.478. The van der Waals surface area contributed by atoms with Crippen LogP contribution in [0.1, 0.15) is 272 Å². The number of hydrogen-bond donors (Lipinski definition) is 0. The Morgan fingerprint density at radius 3 is 0.779 bits per heavy atom. The molecule has 3 aromatic heterocycles. The molecule has 0 amide bonds. The second kappa shape index (κ2) is 51.8. The van der Waals surface area contributed by atoms with Gasteiger partial charge in [0.2, 0.25) is 0 Å². The highest BCUT2D eigenvalue weighted by Crippen LogP contribution is 2.48. The molecule has 1 aliphatic rings. The molecule has 3 heterocycles. The quantitative estimate of drug-likeness (QED) is 0.148. The molecule has 0 unspecified atom stereocenters. The average Bonchev–Trinajstić information content (AvgIpc) is 1.61. The lowest BCUT2D eigenvalue weighted by Crippen LogP contribution is -2.14. The summed E-state index contributed by atoms with van der Waals surface area (Å²) >= 11 is 1.86. The minimum absolute atomic E-state index is 0.160. The molecule has 3 heteroatoms. The molecule has 1 aliphatic carbocycles. The van der Waals surface area contributed by atoms with Gasteiger partial charge in [0, 0.05) is 65.2 Å². The van der Waals surface area contributed by atoms with Crippen LogP contribution in [0.15, 0.2) is 199 Å². The molecule has 0 N–H and O–H groups in total. The Labute approximate surface area is 592 Å². The van der Waals surface area contributed by atoms with E-state index in [0.717, 1.165) is 11.2 Å². The van der Waals surface area contributed by atoms with Crippen LogP contribution in [0.25, 0.3) is 75.0 Å². The van der Waals surface area contributed by atoms with E-state index < -0.39 is 0 Å². The Morgan fingerprint density at radius 1 is 0.295 bits per heavy atom. The van der Waals surface area contributed by atoms with Gasteiger partial charge in [0.05, 0.1) is 0 Å². The number of nitrogens with zero attached hydrogens (tertiary/aromatic N) is 1. The third-order valence-electron chi connectivity index (χ3n) is 15.1. The summed E-state index contributed by atoms with van der Waals surface area (Å²) in [7, 11) is 2.12. The number of aryl methyl sites for hydroxylation is 1. The van der Waals surface area contributed by atoms with Gasteiger partial charge in [0.1, 0.15) is 11.2 Å². The molecule has 0 bridgehead atoms. The molecular formula is C92H145NOS. The van der Waals surface area contributed by atoms with Crippen molar-refractivity contribution in [2.24, 2.45) is 28.7 Å². The molecule has 95 heavy (non-hydrogen) atoms. The zero-order valence-electron chi connectivity index (χ0n) is 68.1. The highest BCUT2D eigenvalue weighted by Gasteiger charge is 2.34. The summed E-state index contributed by atoms with van der Waals surface area (Å²) < 4.78 is 10.6. The Balaban J connectivity index is -0.000000494. The fourth-order valence-electron chi connectivity index (χ4n) is 8.14. The lowest BCUT2D eigenvalue weighted by molar-refractivity contribution is 0.397. The molecule has 12 rings (SSSR count). The van der Waals surface area contributed by atoms with Gasteiger partial charge in [-0.2, -0.15) is 0 Å². The van der Waals surface area contributed by atoms with Crippen molar-refractivity contribution in [3.8, 4) is 11.1 Å². The van der Waals surface area contributed by atoms with E-state index in [2.05, 4.69) is 294 Å². The molecular weight excluding hydrogens is 1170 g/mol. The Kier molecular flexibility index (Phi) is 51.8. The number of aromatic nitrogens is 1. The maximum atomic E-state index is 5.65. The summed E-state index contributed by atoms with van der Waals surface area (Å²) in [6, 6.07) is 67.8. The van der Waals surface area contributed by atoms with Crippen molar-refractivity contribution in [2.45, 2.75) is 267 Å². The van der Waals surface area contributed by atoms with Gasteiger partial charge in [0.15, 0.2) is 0 Å². The van der Waals surface area contributed by atoms with Crippen LogP contribution in [0.3, 0.4) is 0 Å². The van der Waals surface area contributed by atoms with Gasteiger partial charge in [-0.25, -0.2) is 0 Å². The van der Waals surface area contributed by atoms with Crippen molar-refractivity contribution in [3.05, 3.63) is 205 Å². The average molecular weight is 1310 g/mol. The molecule has 0 radical (unpaired) electrons. The minimum atomic E-state index is 0.160. The normalized spacial score (nSPS) is 10.7. The highest BCUT2D eigenvalue weighted by molar-refractivity contribution is 7.25. The molecule has 0 fully saturated rings. The first-order valence-corrected chi connectivity index (χ1v) is 37.9. The number of rotatable bonds is 0. The van der Waals surface area contributed by atoms with Gasteiger partial charge in [-0.3, -0.25) is 0 Å². The standard InChI is InChI=1S/C15H14.C13H11N.C12H8O.C12H8S.4C6H14.8C2H6/c1-15(2)13-9-5-3-7-11(13)12-8-4-6-10-14(12)15;1-14-12-8-4-2-6-10(12)11-7-3-5-9-13(11)14;2*1-3-7-11-9(5-1)10-6-2-4-8-12(10)13-11;4*1-5-6(2,3)4;8*1-2/h3-10H,1-2H3;2-9H,1H3;2*1-8H;4*5H2,1-4H3;8*1-2H3. The van der Waals surface area contributed by atoms with Crippen molar-refractivity contribution in [1.29, 1.82) is 0 Å². The molecule has 530 valence electrons. The number of fused-ring (bicyclic) bond motifs is 12. The third-order valence-corrected chi connectivity index (χ3v) is 16.3. The van der Waals surface area contributed by atoms with Crippen molar-refractivity contribution in [3.63, 3.8) is 0 Å². The molecule has 0 atom stereocenters. The Bertz CT molecular complexity index is 3220. The highest BCUT2D eigenvalue weighted by atomic mass is 32.1. The number of para-hydroxylation sites is 4. The largest absolute Gasteiger partial charge is 0.456 e. The summed E-state index contributed by atoms with van der Waals surface area (Å²) in [6.07, 6.45) is 5.08. The van der Waals surface area contributed by atoms with E-state index in [1.807, 2.05) is 159 Å². The Morgan fingerprint density at radius 2 is 0.505 bits per heavy atom. The summed E-state index contributed by atoms with van der Waals surface area (Å²) in [5.74, 6) is 0. The van der Waals surface area contributed by atoms with Gasteiger partial charge >= 0.3 is 0 Å². The topological polar surface area (TPSA) is 18.1 Å². The van der Waals surface area contributed by atoms with Crippen molar-refractivity contribution >= 4 is 75.3 Å². The van der Waals surface area contributed by atoms with Gasteiger partial charge in [-0.15, -0.1) is 11.3 Å². The second-order valence-electron chi connectivity index (χ2n) is 26.2. The van der Waals surface area contributed by atoms with E-state index >= 15 is 0 Å². The predicted octanol–water partition coefficient (Wildman–Crippen LogP) is 32.9. The number of hydrogen-bond acceptors (Lipinski definition) is 2. The number of furan rings is 1. The third kappa shape index (κ3) is 33.9. The van der Waals surface area contributed by atoms with Crippen molar-refractivity contribution in [2.75, 3.05) is 0 Å². The Hall–Kier alpha value is -6.42. The molecule has 8 aromatic carbocycles. The number of benzene rings is 8. The minimum Gasteiger partial charge on any atom is -0.456 e. The molecule has 11 aromatic rings. The first kappa shape index (κ1) is 95.0. The van der Waals surface area contributed by atoms with E-state index in [1.54, 1.807) is 0 Å². The van der Waals surface area contributed by atoms with Crippen LogP contribution >= 0.6 is 11.3 Å². The molecule has 0 spiro atoms. The van der Waals surface area contributed by atoms with Gasteiger partial charge in [-0.1, -0.05) is 419 Å². The van der Waals surface area contributed by atoms with Crippen LogP contribution in [0.5, 0.6) is 0 Å². The van der Waals surface area contributed by atoms with E-state index in [4.69, 9.17) is 4.42 Å². The van der Waals surface area contributed by atoms with Crippen molar-refractivity contribution in [1.82, 2.24) is 4.57 Å². The zero-order valence-corrected chi connectivity index (χ0v) is 68.9. The summed E-state index contributed by atoms with van der Waals surface area (Å²) in [4.78, 5) is 0. The van der Waals surface area contributed by atoms with E-state index in [0.29, 0.717) is 21.7 Å². The summed E-state index contributed by atoms with van der Waals surface area (Å²) in [5, 5.41) is 7.82. The molecule has 2 nitrogen and oxygen atoms in total. The lowest BCUT2D eigenvalue weighted by atomic mass is 9.82. The predicted molar refractivity (Wildman–Crippen MR) is 447 cm³/mol. The first-order chi connectivity index (χ1) is 45.2. The molecule has 0 aliphatic heterocycles. The first-order valence-electron chi connectivity index (χ1n) is 37.1. The SMILES string of the molecule is CC.CC.CC.CC.CC.CC.CC.CC.CC1(C)c2ccccc2-c2ccccc21.CCC(C)(C)C.CCC(C)(C)C.CCC(C)(C)C.CCC(C)(C)C.Cn1c2ccccc2c2ccccc21.c1ccc2c(c1)oc1ccccc12.c1ccc2c(c1)sc1ccccc12. The zero-order chi connectivity index (χ0) is 74.2. The van der Waals surface area contributed by atoms with E-state index in [-0.39, 0.29) is 5.41 Å². The van der Waals surface area contributed by atoms with Gasteiger partial charge in [0.25, 0.3) is 0 Å². The maximum Gasteiger partial charge on any atom is 0.135 e. The smallest absolute Gasteiger partial charge is 0.135 e. The van der Waals surface area contributed by atoms with Crippen LogP contribution in [-0.2, 0) is 12.5 Å². The van der Waals surface area contributed by atoms with E-state index in [9.17, 15) is 0 Å². The monoisotopic (exact) mass is 1310 g/mol. The molecule has 0 saturated carbocycles. The van der Waals surface area contributed by atoms with Gasteiger partial charge < -0.3 is 8.98 Å². The number of thiophene rings is 1. The van der Waals surface area contributed by atoms with Crippen LogP contribution in [0.4, 0.5) is 0 Å². The summed E-state index contributed by atoms with van der Waals surface area (Å²) in [6.45, 7) is 72.4. The summed E-state index contributed by atoms with van der Waals surface area (Å²) in [5.41, 5.74) is 12.6. The van der Waals surface area contributed by atoms with Crippen molar-refractivity contribution < 1.29 is 4.42 Å². The van der Waals surface area contributed by atoms with Crippen LogP contribution in [0.2, 0.25) is 0 Å². The van der Waals surface area contributed by atoms with E-state index in [1.165, 1.54) is 101 Å². The van der Waals surface area contributed by atoms with Crippen LogP contribution in [0, 0.1) is 21.7 Å².